The first-order chi connectivity index (χ1) is 7.58. The zero-order valence-corrected chi connectivity index (χ0v) is 12.6. The minimum Gasteiger partial charge on any atom is -0.377 e. The van der Waals surface area contributed by atoms with Gasteiger partial charge in [0, 0.05) is 18.4 Å². The smallest absolute Gasteiger partial charge is 0.0596 e. The highest BCUT2D eigenvalue weighted by molar-refractivity contribution is 9.09. The van der Waals surface area contributed by atoms with Crippen molar-refractivity contribution in [3.8, 4) is 0 Å². The molecule has 0 aromatic carbocycles. The van der Waals surface area contributed by atoms with E-state index >= 15 is 0 Å². The zero-order valence-electron chi connectivity index (χ0n) is 11.0. The quantitative estimate of drug-likeness (QED) is 0.668. The van der Waals surface area contributed by atoms with Crippen LogP contribution in [0.15, 0.2) is 0 Å². The van der Waals surface area contributed by atoms with Crippen molar-refractivity contribution in [1.82, 2.24) is 4.90 Å². The normalized spacial score (nSPS) is 19.9. The lowest BCUT2D eigenvalue weighted by Gasteiger charge is -2.32. The molecule has 1 aliphatic rings. The molecular formula is C13H26BrNO. The molecule has 96 valence electrons. The van der Waals surface area contributed by atoms with E-state index < -0.39 is 0 Å². The molecule has 0 radical (unpaired) electrons. The Bertz CT molecular complexity index is 190. The van der Waals surface area contributed by atoms with E-state index in [1.165, 1.54) is 32.2 Å². The Hall–Kier alpha value is 0.400. The van der Waals surface area contributed by atoms with Gasteiger partial charge in [-0.05, 0) is 39.2 Å². The molecule has 0 bridgehead atoms. The first-order valence-electron chi connectivity index (χ1n) is 6.44. The molecule has 1 rings (SSSR count). The molecular weight excluding hydrogens is 266 g/mol. The number of hydrogen-bond donors (Lipinski definition) is 0. The van der Waals surface area contributed by atoms with E-state index in [0.29, 0.717) is 11.5 Å². The lowest BCUT2D eigenvalue weighted by atomic mass is 9.88. The van der Waals surface area contributed by atoms with Crippen molar-refractivity contribution in [2.24, 2.45) is 5.41 Å². The van der Waals surface area contributed by atoms with Gasteiger partial charge in [0.25, 0.3) is 0 Å². The first kappa shape index (κ1) is 14.5. The van der Waals surface area contributed by atoms with Gasteiger partial charge in [0.2, 0.25) is 0 Å². The molecule has 0 unspecified atom stereocenters. The van der Waals surface area contributed by atoms with Crippen LogP contribution in [0.5, 0.6) is 0 Å². The molecule has 0 N–H and O–H groups in total. The molecule has 16 heavy (non-hydrogen) atoms. The highest BCUT2D eigenvalue weighted by atomic mass is 79.9. The minimum absolute atomic E-state index is 0.352. The van der Waals surface area contributed by atoms with Crippen molar-refractivity contribution in [3.63, 3.8) is 0 Å². The van der Waals surface area contributed by atoms with Crippen LogP contribution in [0, 0.1) is 5.41 Å². The lowest BCUT2D eigenvalue weighted by Crippen LogP contribution is -2.37. The van der Waals surface area contributed by atoms with Crippen molar-refractivity contribution in [2.45, 2.75) is 45.6 Å². The molecule has 0 aliphatic heterocycles. The molecule has 1 fully saturated rings. The molecule has 0 amide bonds. The van der Waals surface area contributed by atoms with Crippen molar-refractivity contribution in [2.75, 3.05) is 32.1 Å². The van der Waals surface area contributed by atoms with E-state index in [0.717, 1.165) is 18.5 Å². The Labute approximate surface area is 109 Å². The number of alkyl halides is 1. The Morgan fingerprint density at radius 2 is 1.94 bits per heavy atom. The summed E-state index contributed by atoms with van der Waals surface area (Å²) in [5.41, 5.74) is 0.534. The van der Waals surface area contributed by atoms with Crippen LogP contribution < -0.4 is 0 Å². The van der Waals surface area contributed by atoms with Gasteiger partial charge >= 0.3 is 0 Å². The Kier molecular flexibility index (Phi) is 6.30. The standard InChI is InChI=1S/C13H26BrNO/c1-12(2)16-9-8-15(3)11-13(10-14)6-4-5-7-13/h12H,4-11H2,1-3H3. The van der Waals surface area contributed by atoms with E-state index in [1.54, 1.807) is 0 Å². The maximum absolute atomic E-state index is 5.59. The third-order valence-corrected chi connectivity index (χ3v) is 4.67. The Morgan fingerprint density at radius 1 is 1.31 bits per heavy atom. The van der Waals surface area contributed by atoms with Crippen LogP contribution in [0.2, 0.25) is 0 Å². The number of halogens is 1. The summed E-state index contributed by atoms with van der Waals surface area (Å²) in [4.78, 5) is 2.43. The second kappa shape index (κ2) is 6.97. The van der Waals surface area contributed by atoms with Crippen LogP contribution >= 0.6 is 15.9 Å². The SMILES string of the molecule is CC(C)OCCN(C)CC1(CBr)CCCC1. The predicted octanol–water partition coefficient (Wildman–Crippen LogP) is 3.30. The number of hydrogen-bond acceptors (Lipinski definition) is 2. The third-order valence-electron chi connectivity index (χ3n) is 3.48. The van der Waals surface area contributed by atoms with E-state index in [-0.39, 0.29) is 0 Å². The van der Waals surface area contributed by atoms with Gasteiger partial charge in [-0.25, -0.2) is 0 Å². The average molecular weight is 292 g/mol. The zero-order chi connectivity index (χ0) is 12.0. The monoisotopic (exact) mass is 291 g/mol. The topological polar surface area (TPSA) is 12.5 Å². The highest BCUT2D eigenvalue weighted by Gasteiger charge is 2.33. The average Bonchev–Trinajstić information content (AvgIpc) is 2.66. The van der Waals surface area contributed by atoms with Crippen molar-refractivity contribution >= 4 is 15.9 Å². The second-order valence-electron chi connectivity index (χ2n) is 5.50. The Balaban J connectivity index is 2.24. The predicted molar refractivity (Wildman–Crippen MR) is 73.3 cm³/mol. The maximum atomic E-state index is 5.59. The van der Waals surface area contributed by atoms with Crippen LogP contribution in [0.1, 0.15) is 39.5 Å². The van der Waals surface area contributed by atoms with Gasteiger partial charge in [-0.1, -0.05) is 28.8 Å². The maximum Gasteiger partial charge on any atom is 0.0596 e. The van der Waals surface area contributed by atoms with E-state index in [1.807, 2.05) is 0 Å². The van der Waals surface area contributed by atoms with E-state index in [4.69, 9.17) is 4.74 Å². The summed E-state index contributed by atoms with van der Waals surface area (Å²) in [5, 5.41) is 1.15. The Morgan fingerprint density at radius 3 is 2.44 bits per heavy atom. The second-order valence-corrected chi connectivity index (χ2v) is 6.06. The number of nitrogens with zero attached hydrogens (tertiary/aromatic N) is 1. The fraction of sp³-hybridized carbons (Fsp3) is 1.00. The van der Waals surface area contributed by atoms with Gasteiger partial charge in [-0.15, -0.1) is 0 Å². The fourth-order valence-electron chi connectivity index (χ4n) is 2.55. The van der Waals surface area contributed by atoms with Gasteiger partial charge in [-0.3, -0.25) is 0 Å². The minimum atomic E-state index is 0.352. The molecule has 2 nitrogen and oxygen atoms in total. The van der Waals surface area contributed by atoms with E-state index in [9.17, 15) is 0 Å². The van der Waals surface area contributed by atoms with Gasteiger partial charge in [0.05, 0.1) is 12.7 Å². The molecule has 0 saturated heterocycles. The van der Waals surface area contributed by atoms with Crippen molar-refractivity contribution < 1.29 is 4.74 Å². The van der Waals surface area contributed by atoms with Crippen molar-refractivity contribution in [3.05, 3.63) is 0 Å². The summed E-state index contributed by atoms with van der Waals surface area (Å²) < 4.78 is 5.59. The molecule has 0 atom stereocenters. The van der Waals surface area contributed by atoms with Crippen LogP contribution in [0.25, 0.3) is 0 Å². The highest BCUT2D eigenvalue weighted by Crippen LogP contribution is 2.39. The number of likely N-dealkylation sites (N-methyl/N-ethyl adjacent to an activating group) is 1. The van der Waals surface area contributed by atoms with Crippen LogP contribution in [-0.4, -0.2) is 43.1 Å². The summed E-state index contributed by atoms with van der Waals surface area (Å²) in [6, 6.07) is 0. The molecule has 1 saturated carbocycles. The third kappa shape index (κ3) is 4.72. The molecule has 0 heterocycles. The largest absolute Gasteiger partial charge is 0.377 e. The summed E-state index contributed by atoms with van der Waals surface area (Å²) in [7, 11) is 2.21. The van der Waals surface area contributed by atoms with E-state index in [2.05, 4.69) is 41.7 Å². The molecule has 3 heteroatoms. The van der Waals surface area contributed by atoms with Crippen LogP contribution in [0.4, 0.5) is 0 Å². The van der Waals surface area contributed by atoms with Crippen molar-refractivity contribution in [1.29, 1.82) is 0 Å². The van der Waals surface area contributed by atoms with Gasteiger partial charge < -0.3 is 9.64 Å². The number of ether oxygens (including phenoxy) is 1. The summed E-state index contributed by atoms with van der Waals surface area (Å²) in [6.07, 6.45) is 5.93. The summed E-state index contributed by atoms with van der Waals surface area (Å²) in [6.45, 7) is 7.30. The molecule has 0 aromatic rings. The summed E-state index contributed by atoms with van der Waals surface area (Å²) in [5.74, 6) is 0. The van der Waals surface area contributed by atoms with Crippen LogP contribution in [-0.2, 0) is 4.74 Å². The lowest BCUT2D eigenvalue weighted by molar-refractivity contribution is 0.0567. The molecule has 0 aromatic heterocycles. The first-order valence-corrected chi connectivity index (χ1v) is 7.56. The van der Waals surface area contributed by atoms with Gasteiger partial charge in [0.15, 0.2) is 0 Å². The summed E-state index contributed by atoms with van der Waals surface area (Å²) >= 11 is 3.70. The van der Waals surface area contributed by atoms with Gasteiger partial charge in [-0.2, -0.15) is 0 Å². The van der Waals surface area contributed by atoms with Gasteiger partial charge in [0.1, 0.15) is 0 Å². The molecule has 0 spiro atoms. The fourth-order valence-corrected chi connectivity index (χ4v) is 3.29. The molecule has 1 aliphatic carbocycles. The van der Waals surface area contributed by atoms with Crippen LogP contribution in [0.3, 0.4) is 0 Å². The number of rotatable bonds is 7.